The predicted molar refractivity (Wildman–Crippen MR) is 54.6 cm³/mol. The summed E-state index contributed by atoms with van der Waals surface area (Å²) in [6, 6.07) is 0. The van der Waals surface area contributed by atoms with E-state index in [9.17, 15) is 8.42 Å². The molecule has 0 aliphatic carbocycles. The largest absolute Gasteiger partial charge is 0.376 e. The van der Waals surface area contributed by atoms with Gasteiger partial charge in [-0.2, -0.15) is 0 Å². The lowest BCUT2D eigenvalue weighted by atomic mass is 10.2. The third kappa shape index (κ3) is 12.2. The molecule has 0 rings (SSSR count). The van der Waals surface area contributed by atoms with Crippen molar-refractivity contribution in [2.75, 3.05) is 12.4 Å². The summed E-state index contributed by atoms with van der Waals surface area (Å²) < 4.78 is 26.4. The molecular weight excluding hydrogens is 212 g/mol. The summed E-state index contributed by atoms with van der Waals surface area (Å²) in [6.45, 7) is 6.47. The molecule has 5 heteroatoms. The Morgan fingerprint density at radius 2 is 1.77 bits per heavy atom. The molecule has 0 aliphatic rings. The topological polar surface area (TPSA) is 43.4 Å². The number of ether oxygens (including phenoxy) is 1. The molecule has 0 fully saturated rings. The van der Waals surface area contributed by atoms with Crippen molar-refractivity contribution < 1.29 is 13.2 Å². The van der Waals surface area contributed by atoms with Gasteiger partial charge in [0.2, 0.25) is 9.05 Å². The molecule has 0 saturated carbocycles. The quantitative estimate of drug-likeness (QED) is 0.535. The van der Waals surface area contributed by atoms with Gasteiger partial charge in [0.1, 0.15) is 0 Å². The van der Waals surface area contributed by atoms with E-state index in [1.54, 1.807) is 0 Å². The van der Waals surface area contributed by atoms with E-state index in [-0.39, 0.29) is 11.4 Å². The number of unbranched alkanes of at least 4 members (excludes halogenated alkanes) is 1. The van der Waals surface area contributed by atoms with Crippen molar-refractivity contribution in [2.45, 2.75) is 39.2 Å². The Labute approximate surface area is 84.8 Å². The fraction of sp³-hybridized carbons (Fsp3) is 1.00. The molecule has 13 heavy (non-hydrogen) atoms. The lowest BCUT2D eigenvalue weighted by Gasteiger charge is -2.19. The average molecular weight is 229 g/mol. The molecule has 0 radical (unpaired) electrons. The first-order chi connectivity index (χ1) is 5.71. The third-order valence-electron chi connectivity index (χ3n) is 1.32. The highest BCUT2D eigenvalue weighted by atomic mass is 35.7. The van der Waals surface area contributed by atoms with Crippen molar-refractivity contribution in [2.24, 2.45) is 0 Å². The van der Waals surface area contributed by atoms with Gasteiger partial charge in [-0.1, -0.05) is 0 Å². The maximum Gasteiger partial charge on any atom is 0.232 e. The van der Waals surface area contributed by atoms with E-state index in [0.717, 1.165) is 6.42 Å². The molecule has 0 unspecified atom stereocenters. The SMILES string of the molecule is CC(C)(C)OCCCCS(=O)(=O)Cl. The molecule has 0 amide bonds. The van der Waals surface area contributed by atoms with Crippen LogP contribution in [0.4, 0.5) is 0 Å². The normalized spacial score (nSPS) is 13.2. The third-order valence-corrected chi connectivity index (χ3v) is 2.56. The highest BCUT2D eigenvalue weighted by molar-refractivity contribution is 8.13. The number of hydrogen-bond acceptors (Lipinski definition) is 3. The highest BCUT2D eigenvalue weighted by Crippen LogP contribution is 2.08. The van der Waals surface area contributed by atoms with Gasteiger partial charge < -0.3 is 4.74 Å². The molecule has 0 atom stereocenters. The molecule has 80 valence electrons. The lowest BCUT2D eigenvalue weighted by molar-refractivity contribution is -0.00407. The number of halogens is 1. The van der Waals surface area contributed by atoms with Gasteiger partial charge >= 0.3 is 0 Å². The molecule has 0 aliphatic heterocycles. The van der Waals surface area contributed by atoms with Gasteiger partial charge in [0.25, 0.3) is 0 Å². The van der Waals surface area contributed by atoms with Gasteiger partial charge in [-0.15, -0.1) is 0 Å². The molecule has 0 bridgehead atoms. The second-order valence-electron chi connectivity index (χ2n) is 3.91. The first-order valence-electron chi connectivity index (χ1n) is 4.27. The van der Waals surface area contributed by atoms with Crippen LogP contribution >= 0.6 is 10.7 Å². The van der Waals surface area contributed by atoms with Gasteiger partial charge in [-0.3, -0.25) is 0 Å². The van der Waals surface area contributed by atoms with E-state index in [1.165, 1.54) is 0 Å². The molecule has 0 N–H and O–H groups in total. The second-order valence-corrected chi connectivity index (χ2v) is 6.81. The zero-order valence-electron chi connectivity index (χ0n) is 8.34. The first-order valence-corrected chi connectivity index (χ1v) is 6.75. The smallest absolute Gasteiger partial charge is 0.232 e. The molecule has 0 heterocycles. The van der Waals surface area contributed by atoms with Crippen LogP contribution in [0.15, 0.2) is 0 Å². The maximum absolute atomic E-state index is 10.5. The summed E-state index contributed by atoms with van der Waals surface area (Å²) in [4.78, 5) is 0. The fourth-order valence-corrected chi connectivity index (χ4v) is 1.63. The monoisotopic (exact) mass is 228 g/mol. The minimum atomic E-state index is -3.32. The minimum Gasteiger partial charge on any atom is -0.376 e. The van der Waals surface area contributed by atoms with Crippen molar-refractivity contribution in [3.63, 3.8) is 0 Å². The van der Waals surface area contributed by atoms with E-state index >= 15 is 0 Å². The van der Waals surface area contributed by atoms with Gasteiger partial charge in [0, 0.05) is 17.3 Å². The van der Waals surface area contributed by atoms with Gasteiger partial charge in [-0.25, -0.2) is 8.42 Å². The van der Waals surface area contributed by atoms with Crippen molar-refractivity contribution >= 4 is 19.7 Å². The van der Waals surface area contributed by atoms with Crippen LogP contribution in [0, 0.1) is 0 Å². The van der Waals surface area contributed by atoms with Crippen LogP contribution in [-0.2, 0) is 13.8 Å². The van der Waals surface area contributed by atoms with E-state index < -0.39 is 9.05 Å². The summed E-state index contributed by atoms with van der Waals surface area (Å²) in [7, 11) is 1.71. The van der Waals surface area contributed by atoms with Crippen LogP contribution in [0.2, 0.25) is 0 Å². The molecule has 0 spiro atoms. The van der Waals surface area contributed by atoms with E-state index in [0.29, 0.717) is 13.0 Å². The maximum atomic E-state index is 10.5. The van der Waals surface area contributed by atoms with Crippen LogP contribution in [0.25, 0.3) is 0 Å². The Morgan fingerprint density at radius 1 is 1.23 bits per heavy atom. The van der Waals surface area contributed by atoms with Gasteiger partial charge in [0.05, 0.1) is 11.4 Å². The van der Waals surface area contributed by atoms with Crippen molar-refractivity contribution in [3.05, 3.63) is 0 Å². The number of rotatable bonds is 5. The summed E-state index contributed by atoms with van der Waals surface area (Å²) in [5.74, 6) is 0.0298. The van der Waals surface area contributed by atoms with Gasteiger partial charge in [-0.05, 0) is 33.6 Å². The minimum absolute atomic E-state index is 0.0298. The Kier molecular flexibility index (Phi) is 5.25. The van der Waals surface area contributed by atoms with Crippen LogP contribution < -0.4 is 0 Å². The molecule has 0 aromatic heterocycles. The lowest BCUT2D eigenvalue weighted by Crippen LogP contribution is -2.19. The molecule has 3 nitrogen and oxygen atoms in total. The van der Waals surface area contributed by atoms with Crippen LogP contribution in [0.1, 0.15) is 33.6 Å². The zero-order chi connectivity index (χ0) is 10.5. The van der Waals surface area contributed by atoms with Crippen molar-refractivity contribution in [1.82, 2.24) is 0 Å². The van der Waals surface area contributed by atoms with Crippen LogP contribution in [0.5, 0.6) is 0 Å². The molecule has 0 aromatic carbocycles. The van der Waals surface area contributed by atoms with Crippen LogP contribution in [-0.4, -0.2) is 26.4 Å². The zero-order valence-corrected chi connectivity index (χ0v) is 9.91. The summed E-state index contributed by atoms with van der Waals surface area (Å²) in [5, 5.41) is 0. The fourth-order valence-electron chi connectivity index (χ4n) is 0.755. The second kappa shape index (κ2) is 5.17. The Bertz CT molecular complexity index is 228. The average Bonchev–Trinajstić information content (AvgIpc) is 1.81. The Balaban J connectivity index is 3.39. The van der Waals surface area contributed by atoms with Crippen LogP contribution in [0.3, 0.4) is 0 Å². The number of hydrogen-bond donors (Lipinski definition) is 0. The van der Waals surface area contributed by atoms with E-state index in [1.807, 2.05) is 20.8 Å². The highest BCUT2D eigenvalue weighted by Gasteiger charge is 2.09. The predicted octanol–water partition coefficient (Wildman–Crippen LogP) is 2.15. The molecular formula is C8H17ClO3S. The van der Waals surface area contributed by atoms with Gasteiger partial charge in [0.15, 0.2) is 0 Å². The van der Waals surface area contributed by atoms with Crippen molar-refractivity contribution in [1.29, 1.82) is 0 Å². The molecule has 0 saturated heterocycles. The Morgan fingerprint density at radius 3 is 2.15 bits per heavy atom. The summed E-state index contributed by atoms with van der Waals surface area (Å²) in [5.41, 5.74) is -0.153. The van der Waals surface area contributed by atoms with Crippen molar-refractivity contribution in [3.8, 4) is 0 Å². The standard InChI is InChI=1S/C8H17ClO3S/c1-8(2,3)12-6-4-5-7-13(9,10)11/h4-7H2,1-3H3. The molecule has 0 aromatic rings. The van der Waals surface area contributed by atoms with E-state index in [4.69, 9.17) is 15.4 Å². The Hall–Kier alpha value is 0.200. The van der Waals surface area contributed by atoms with E-state index in [2.05, 4.69) is 0 Å². The summed E-state index contributed by atoms with van der Waals surface area (Å²) in [6.07, 6.45) is 1.28. The first kappa shape index (κ1) is 13.2. The summed E-state index contributed by atoms with van der Waals surface area (Å²) >= 11 is 0.